The molecule has 12 heteroatoms. The molecule has 1 fully saturated rings. The number of hydrogen-bond donors (Lipinski definition) is 0. The second-order valence-electron chi connectivity index (χ2n) is 11.7. The summed E-state index contributed by atoms with van der Waals surface area (Å²) >= 11 is 0. The van der Waals surface area contributed by atoms with Gasteiger partial charge in [-0.3, -0.25) is 4.79 Å². The number of methoxy groups -OCH3 is 2. The zero-order valence-corrected chi connectivity index (χ0v) is 27.0. The summed E-state index contributed by atoms with van der Waals surface area (Å²) < 4.78 is 76.7. The molecule has 45 heavy (non-hydrogen) atoms. The van der Waals surface area contributed by atoms with Crippen LogP contribution in [0.15, 0.2) is 59.5 Å². The summed E-state index contributed by atoms with van der Waals surface area (Å²) in [6, 6.07) is 12.1. The monoisotopic (exact) mass is 643 g/mol. The van der Waals surface area contributed by atoms with Crippen molar-refractivity contribution in [3.63, 3.8) is 0 Å². The molecule has 5 rings (SSSR count). The fourth-order valence-electron chi connectivity index (χ4n) is 6.19. The van der Waals surface area contributed by atoms with E-state index in [1.807, 2.05) is 0 Å². The number of halogens is 2. The number of anilines is 1. The lowest BCUT2D eigenvalue weighted by molar-refractivity contribution is -0.121. The Bertz CT molecular complexity index is 1680. The lowest BCUT2D eigenvalue weighted by atomic mass is 9.71. The molecule has 3 aromatic carbocycles. The van der Waals surface area contributed by atoms with Gasteiger partial charge in [0.2, 0.25) is 0 Å². The number of fused-ring (bicyclic) bond motifs is 1. The van der Waals surface area contributed by atoms with Gasteiger partial charge < -0.3 is 24.0 Å². The molecule has 242 valence electrons. The topological polar surface area (TPSA) is 88.6 Å². The summed E-state index contributed by atoms with van der Waals surface area (Å²) in [6.07, 6.45) is 0.244. The summed E-state index contributed by atoms with van der Waals surface area (Å²) in [7, 11) is 0.178. The molecule has 2 aliphatic heterocycles. The predicted octanol–water partition coefficient (Wildman–Crippen LogP) is 4.82. The highest BCUT2D eigenvalue weighted by Crippen LogP contribution is 2.54. The van der Waals surface area contributed by atoms with Crippen molar-refractivity contribution in [2.45, 2.75) is 43.1 Å². The van der Waals surface area contributed by atoms with Gasteiger partial charge in [0.25, 0.3) is 15.9 Å². The second kappa shape index (κ2) is 12.9. The quantitative estimate of drug-likeness (QED) is 0.294. The van der Waals surface area contributed by atoms with Gasteiger partial charge in [0.1, 0.15) is 11.2 Å². The van der Waals surface area contributed by atoms with Crippen molar-refractivity contribution in [2.75, 3.05) is 58.3 Å². The third kappa shape index (κ3) is 5.98. The number of sulfonamides is 1. The number of amides is 1. The van der Waals surface area contributed by atoms with Crippen LogP contribution in [0.4, 0.5) is 14.5 Å². The van der Waals surface area contributed by atoms with Gasteiger partial charge in [0.15, 0.2) is 23.1 Å². The zero-order valence-electron chi connectivity index (χ0n) is 26.2. The van der Waals surface area contributed by atoms with Crippen molar-refractivity contribution in [2.24, 2.45) is 0 Å². The van der Waals surface area contributed by atoms with Crippen LogP contribution in [0, 0.1) is 11.6 Å². The van der Waals surface area contributed by atoms with E-state index in [-0.39, 0.29) is 46.6 Å². The molecule has 1 amide bonds. The Kier molecular flexibility index (Phi) is 9.39. The van der Waals surface area contributed by atoms with E-state index in [1.54, 1.807) is 26.0 Å². The van der Waals surface area contributed by atoms with Crippen molar-refractivity contribution >= 4 is 21.6 Å². The van der Waals surface area contributed by atoms with Crippen LogP contribution in [0.25, 0.3) is 0 Å². The highest BCUT2D eigenvalue weighted by molar-refractivity contribution is 7.93. The van der Waals surface area contributed by atoms with Gasteiger partial charge in [-0.1, -0.05) is 18.2 Å². The standard InChI is InChI=1S/C33H39F2N3O6S/c1-22(2)44-29-12-11-23(19-27(29)35)45(40,41)38-28-21-31(43-5)30(42-4)20-25(28)33(32(38)39,24-9-6-7-10-26(24)34)13-8-14-37-17-15-36(3)16-18-37/h6-7,9-12,19-22H,8,13-18H2,1-5H3. The maximum absolute atomic E-state index is 15.8. The molecule has 0 aromatic heterocycles. The molecule has 0 aliphatic carbocycles. The van der Waals surface area contributed by atoms with Gasteiger partial charge in [0, 0.05) is 43.4 Å². The first-order valence-electron chi connectivity index (χ1n) is 14.9. The molecule has 1 saturated heterocycles. The number of ether oxygens (including phenoxy) is 3. The smallest absolute Gasteiger partial charge is 0.271 e. The minimum atomic E-state index is -4.70. The Labute approximate surface area is 263 Å². The summed E-state index contributed by atoms with van der Waals surface area (Å²) in [5, 5.41) is 0. The maximum atomic E-state index is 15.8. The molecular weight excluding hydrogens is 604 g/mol. The van der Waals surface area contributed by atoms with Crippen molar-refractivity contribution in [3.8, 4) is 17.2 Å². The van der Waals surface area contributed by atoms with Crippen LogP contribution in [-0.2, 0) is 20.2 Å². The van der Waals surface area contributed by atoms with E-state index in [2.05, 4.69) is 16.8 Å². The third-order valence-electron chi connectivity index (χ3n) is 8.49. The van der Waals surface area contributed by atoms with Gasteiger partial charge in [-0.2, -0.15) is 0 Å². The molecule has 1 unspecified atom stereocenters. The van der Waals surface area contributed by atoms with Crippen molar-refractivity contribution in [3.05, 3.63) is 77.4 Å². The summed E-state index contributed by atoms with van der Waals surface area (Å²) in [4.78, 5) is 18.9. The van der Waals surface area contributed by atoms with E-state index in [0.717, 1.165) is 32.2 Å². The average Bonchev–Trinajstić information content (AvgIpc) is 3.25. The van der Waals surface area contributed by atoms with Crippen LogP contribution in [-0.4, -0.2) is 84.2 Å². The number of carbonyl (C=O) groups is 1. The van der Waals surface area contributed by atoms with Crippen LogP contribution < -0.4 is 18.5 Å². The number of benzene rings is 3. The van der Waals surface area contributed by atoms with E-state index >= 15 is 8.78 Å². The molecule has 9 nitrogen and oxygen atoms in total. The number of carbonyl (C=O) groups excluding carboxylic acids is 1. The number of rotatable bonds is 11. The molecule has 1 atom stereocenters. The minimum Gasteiger partial charge on any atom is -0.493 e. The Morgan fingerprint density at radius 1 is 0.867 bits per heavy atom. The average molecular weight is 644 g/mol. The maximum Gasteiger partial charge on any atom is 0.271 e. The lowest BCUT2D eigenvalue weighted by Gasteiger charge is -2.34. The largest absolute Gasteiger partial charge is 0.493 e. The lowest BCUT2D eigenvalue weighted by Crippen LogP contribution is -2.46. The van der Waals surface area contributed by atoms with E-state index in [1.165, 1.54) is 50.6 Å². The van der Waals surface area contributed by atoms with E-state index < -0.39 is 37.9 Å². The summed E-state index contributed by atoms with van der Waals surface area (Å²) in [6.45, 7) is 7.58. The molecule has 0 N–H and O–H groups in total. The van der Waals surface area contributed by atoms with Gasteiger partial charge in [-0.25, -0.2) is 21.5 Å². The molecule has 2 heterocycles. The zero-order chi connectivity index (χ0) is 32.5. The third-order valence-corrected chi connectivity index (χ3v) is 10.2. The Morgan fingerprint density at radius 3 is 2.16 bits per heavy atom. The Balaban J connectivity index is 1.67. The van der Waals surface area contributed by atoms with Crippen LogP contribution in [0.3, 0.4) is 0 Å². The van der Waals surface area contributed by atoms with E-state index in [0.29, 0.717) is 17.3 Å². The number of nitrogens with zero attached hydrogens (tertiary/aromatic N) is 3. The van der Waals surface area contributed by atoms with Crippen LogP contribution in [0.2, 0.25) is 0 Å². The molecule has 0 bridgehead atoms. The molecular formula is C33H39F2N3O6S. The molecule has 2 aliphatic rings. The Morgan fingerprint density at radius 2 is 1.53 bits per heavy atom. The van der Waals surface area contributed by atoms with Gasteiger partial charge in [-0.05, 0) is 70.6 Å². The predicted molar refractivity (Wildman–Crippen MR) is 167 cm³/mol. The summed E-state index contributed by atoms with van der Waals surface area (Å²) in [5.74, 6) is -2.09. The van der Waals surface area contributed by atoms with Gasteiger partial charge in [0.05, 0.1) is 30.9 Å². The van der Waals surface area contributed by atoms with Crippen LogP contribution in [0.1, 0.15) is 37.8 Å². The normalized spacial score (nSPS) is 19.2. The highest BCUT2D eigenvalue weighted by atomic mass is 32.2. The first-order valence-corrected chi connectivity index (χ1v) is 16.4. The molecule has 0 spiro atoms. The van der Waals surface area contributed by atoms with Crippen LogP contribution in [0.5, 0.6) is 17.2 Å². The van der Waals surface area contributed by atoms with Crippen LogP contribution >= 0.6 is 0 Å². The number of hydrogen-bond acceptors (Lipinski definition) is 8. The fourth-order valence-corrected chi connectivity index (χ4v) is 7.68. The minimum absolute atomic E-state index is 0.0107. The number of piperazine rings is 1. The second-order valence-corrected chi connectivity index (χ2v) is 13.5. The van der Waals surface area contributed by atoms with Crippen molar-refractivity contribution in [1.29, 1.82) is 0 Å². The first-order chi connectivity index (χ1) is 21.4. The first kappa shape index (κ1) is 32.6. The van der Waals surface area contributed by atoms with E-state index in [4.69, 9.17) is 14.2 Å². The van der Waals surface area contributed by atoms with E-state index in [9.17, 15) is 13.2 Å². The fraction of sp³-hybridized carbons (Fsp3) is 0.424. The SMILES string of the molecule is COc1cc2c(cc1OC)C(CCCN1CCN(C)CC1)(c1ccccc1F)C(=O)N2S(=O)(=O)c1ccc(OC(C)C)c(F)c1. The molecule has 3 aromatic rings. The van der Waals surface area contributed by atoms with Gasteiger partial charge in [-0.15, -0.1) is 0 Å². The molecule has 0 radical (unpaired) electrons. The van der Waals surface area contributed by atoms with Crippen molar-refractivity contribution < 1.29 is 36.2 Å². The van der Waals surface area contributed by atoms with Crippen molar-refractivity contribution in [1.82, 2.24) is 9.80 Å². The molecule has 0 saturated carbocycles. The highest BCUT2D eigenvalue weighted by Gasteiger charge is 2.57. The van der Waals surface area contributed by atoms with Gasteiger partial charge >= 0.3 is 0 Å². The number of likely N-dealkylation sites (N-methyl/N-ethyl adjacent to an activating group) is 1. The Hall–Kier alpha value is -3.74. The summed E-state index contributed by atoms with van der Waals surface area (Å²) in [5.41, 5.74) is -1.42.